The van der Waals surface area contributed by atoms with Gasteiger partial charge in [-0.3, -0.25) is 14.4 Å². The number of hydrogen-bond donors (Lipinski definition) is 8. The molecule has 0 aliphatic carbocycles. The summed E-state index contributed by atoms with van der Waals surface area (Å²) in [5.41, 5.74) is 5.57. The Morgan fingerprint density at radius 3 is 1.78 bits per heavy atom. The molecule has 1 aromatic heterocycles. The number of amides is 3. The van der Waals surface area contributed by atoms with Crippen LogP contribution in [0.15, 0.2) is 64.9 Å². The van der Waals surface area contributed by atoms with E-state index in [1.165, 1.54) is 45.5 Å². The van der Waals surface area contributed by atoms with Crippen molar-refractivity contribution in [1.29, 1.82) is 0 Å². The van der Waals surface area contributed by atoms with Crippen LogP contribution < -0.4 is 14.8 Å². The Labute approximate surface area is 439 Å². The highest BCUT2D eigenvalue weighted by molar-refractivity contribution is 7.71. The summed E-state index contributed by atoms with van der Waals surface area (Å²) >= 11 is 5.14. The molecule has 3 aromatic rings. The first-order chi connectivity index (χ1) is 35.0. The van der Waals surface area contributed by atoms with Crippen molar-refractivity contribution >= 4 is 35.9 Å². The third-order valence-corrected chi connectivity index (χ3v) is 15.4. The average molecular weight is 1040 g/mol. The molecule has 2 aromatic carbocycles. The van der Waals surface area contributed by atoms with Gasteiger partial charge in [-0.05, 0) is 144 Å². The van der Waals surface area contributed by atoms with Crippen molar-refractivity contribution in [3.05, 3.63) is 109 Å². The van der Waals surface area contributed by atoms with Crippen LogP contribution in [-0.2, 0) is 41.9 Å². The van der Waals surface area contributed by atoms with Crippen LogP contribution in [0.2, 0.25) is 0 Å². The first-order valence-electron chi connectivity index (χ1n) is 26.0. The number of carbonyl (C=O) groups is 4. The number of phenolic OH excluding ortho intramolecular Hbond substituents is 2. The number of rotatable bonds is 22. The number of H-pyrrole nitrogens is 2. The van der Waals surface area contributed by atoms with Gasteiger partial charge in [0.05, 0.1) is 36.4 Å². The number of aromatic nitrogens is 2. The molecule has 0 saturated heterocycles. The summed E-state index contributed by atoms with van der Waals surface area (Å²) in [5.74, 6) is -2.69. The molecular weight excluding hydrogens is 963 g/mol. The number of fused-ring (bicyclic) bond motifs is 6. The Bertz CT molecular complexity index is 2830. The fourth-order valence-corrected chi connectivity index (χ4v) is 10.8. The number of imidazole rings is 1. The number of aromatic hydroxyl groups is 2. The lowest BCUT2D eigenvalue weighted by molar-refractivity contribution is -0.142. The van der Waals surface area contributed by atoms with E-state index in [0.29, 0.717) is 59.4 Å². The maximum atomic E-state index is 14.6. The summed E-state index contributed by atoms with van der Waals surface area (Å²) in [7, 11) is 0. The summed E-state index contributed by atoms with van der Waals surface area (Å²) in [6, 6.07) is 0.0974. The predicted octanol–water partition coefficient (Wildman–Crippen LogP) is 9.11. The van der Waals surface area contributed by atoms with E-state index >= 15 is 0 Å². The van der Waals surface area contributed by atoms with E-state index in [2.05, 4.69) is 81.1 Å². The zero-order chi connectivity index (χ0) is 53.8. The molecule has 7 rings (SSSR count). The van der Waals surface area contributed by atoms with Crippen molar-refractivity contribution in [2.75, 3.05) is 6.54 Å². The molecule has 8 N–H and O–H groups in total. The SMILES string of the molecule is CC(C)=CCC/C(C)=C/CC[C@@]1(C)Oc2c(c(O)cc3c2CN(CCC[C@@H](C(=O)N[C@@H](Cc2c[nH]c(=S)[nH]2)C(=O)O)N2Cc4c(cc(O)c5c4O[C@](C)(CC/C=C(\C)CCC=C(C)C)[C@@H](O)C5)C2=O)C3=O)C[C@@H]1O. The molecule has 17 heteroatoms. The summed E-state index contributed by atoms with van der Waals surface area (Å²) in [6.45, 7) is 16.3. The summed E-state index contributed by atoms with van der Waals surface area (Å²) < 4.78 is 13.5. The minimum atomic E-state index is -1.41. The van der Waals surface area contributed by atoms with Crippen LogP contribution in [0.25, 0.3) is 0 Å². The molecule has 5 heterocycles. The Hall–Kier alpha value is -6.17. The minimum Gasteiger partial charge on any atom is -0.508 e. The van der Waals surface area contributed by atoms with Crippen molar-refractivity contribution in [3.63, 3.8) is 0 Å². The molecule has 0 fully saturated rings. The largest absolute Gasteiger partial charge is 0.508 e. The predicted molar refractivity (Wildman–Crippen MR) is 284 cm³/mol. The normalized spacial score (nSPS) is 22.0. The van der Waals surface area contributed by atoms with Gasteiger partial charge in [0, 0.05) is 60.0 Å². The fourth-order valence-electron chi connectivity index (χ4n) is 10.6. The fraction of sp³-hybridized carbons (Fsp3) is 0.526. The van der Waals surface area contributed by atoms with Gasteiger partial charge in [-0.15, -0.1) is 0 Å². The topological polar surface area (TPSA) is 238 Å². The van der Waals surface area contributed by atoms with Gasteiger partial charge in [-0.25, -0.2) is 4.79 Å². The van der Waals surface area contributed by atoms with Crippen molar-refractivity contribution in [2.24, 2.45) is 0 Å². The van der Waals surface area contributed by atoms with Gasteiger partial charge < -0.3 is 60.1 Å². The Morgan fingerprint density at radius 1 is 0.784 bits per heavy atom. The standard InChI is InChI=1S/C57H75N5O11S/c1-32(2)14-9-16-34(5)18-11-21-56(7)47(65)27-39-45(63)25-37-41(49(39)72-56)30-61(52(37)68)23-13-20-44(51(67)60-43(54(70)71)24-36-29-58-55(74)59-36)62-31-42-38(53(62)69)26-46(64)40-28-48(66)57(8,73-50(40)42)22-12-19-35(6)17-10-15-33(3)4/h14-15,18-19,25-26,29,43-44,47-48,63-66H,9-13,16-17,20-24,27-28,30-31H2,1-8H3,(H,60,67)(H,70,71)(H2,58,59,74)/b34-18+,35-19+/t43-,44-,47-,48-,56+,57+/m0/s1. The van der Waals surface area contributed by atoms with E-state index in [1.807, 2.05) is 13.8 Å². The number of aromatic amines is 2. The highest BCUT2D eigenvalue weighted by atomic mass is 32.1. The number of carboxylic acid groups (broad SMARTS) is 1. The lowest BCUT2D eigenvalue weighted by Gasteiger charge is -2.41. The van der Waals surface area contributed by atoms with Crippen molar-refractivity contribution in [3.8, 4) is 23.0 Å². The molecule has 16 nitrogen and oxygen atoms in total. The van der Waals surface area contributed by atoms with E-state index in [-0.39, 0.29) is 90.8 Å². The Kier molecular flexibility index (Phi) is 17.4. The summed E-state index contributed by atoms with van der Waals surface area (Å²) in [4.78, 5) is 64.5. The number of ether oxygens (including phenoxy) is 2. The van der Waals surface area contributed by atoms with Crippen LogP contribution in [0.4, 0.5) is 0 Å². The number of allylic oxidation sites excluding steroid dienone is 8. The first-order valence-corrected chi connectivity index (χ1v) is 26.4. The molecule has 0 spiro atoms. The quantitative estimate of drug-likeness (QED) is 0.0347. The second-order valence-electron chi connectivity index (χ2n) is 21.7. The summed E-state index contributed by atoms with van der Waals surface area (Å²) in [5, 5.41) is 58.3. The number of aliphatic hydroxyl groups excluding tert-OH is 2. The molecule has 74 heavy (non-hydrogen) atoms. The number of phenols is 2. The molecule has 4 aliphatic rings. The maximum Gasteiger partial charge on any atom is 0.326 e. The molecule has 6 atom stereocenters. The second kappa shape index (κ2) is 23.2. The number of hydrogen-bond acceptors (Lipinski definition) is 11. The lowest BCUT2D eigenvalue weighted by Crippen LogP contribution is -2.52. The van der Waals surface area contributed by atoms with E-state index in [4.69, 9.17) is 21.7 Å². The highest BCUT2D eigenvalue weighted by Crippen LogP contribution is 2.48. The molecule has 0 bridgehead atoms. The van der Waals surface area contributed by atoms with Gasteiger partial charge >= 0.3 is 5.97 Å². The number of nitrogens with zero attached hydrogens (tertiary/aromatic N) is 2. The number of carbonyl (C=O) groups excluding carboxylic acids is 3. The van der Waals surface area contributed by atoms with E-state index in [0.717, 1.165) is 25.7 Å². The lowest BCUT2D eigenvalue weighted by atomic mass is 9.84. The zero-order valence-electron chi connectivity index (χ0n) is 44.2. The van der Waals surface area contributed by atoms with Crippen LogP contribution in [0.5, 0.6) is 23.0 Å². The molecule has 4 aliphatic heterocycles. The van der Waals surface area contributed by atoms with Crippen molar-refractivity contribution < 1.29 is 54.2 Å². The molecular formula is C57H75N5O11S. The van der Waals surface area contributed by atoms with Crippen LogP contribution in [0.3, 0.4) is 0 Å². The number of nitrogens with one attached hydrogen (secondary N) is 3. The molecule has 0 saturated carbocycles. The van der Waals surface area contributed by atoms with E-state index in [1.54, 1.807) is 4.90 Å². The zero-order valence-corrected chi connectivity index (χ0v) is 45.0. The van der Waals surface area contributed by atoms with Gasteiger partial charge in [0.1, 0.15) is 46.3 Å². The first kappa shape index (κ1) is 55.6. The molecule has 400 valence electrons. The molecule has 0 unspecified atom stereocenters. The van der Waals surface area contributed by atoms with Gasteiger partial charge in [-0.1, -0.05) is 46.6 Å². The summed E-state index contributed by atoms with van der Waals surface area (Å²) in [6.07, 6.45) is 14.6. The Balaban J connectivity index is 1.10. The van der Waals surface area contributed by atoms with Crippen LogP contribution >= 0.6 is 12.2 Å². The number of benzene rings is 2. The van der Waals surface area contributed by atoms with Gasteiger partial charge in [-0.2, -0.15) is 0 Å². The van der Waals surface area contributed by atoms with Gasteiger partial charge in [0.25, 0.3) is 11.8 Å². The number of carboxylic acids is 1. The smallest absolute Gasteiger partial charge is 0.326 e. The van der Waals surface area contributed by atoms with Crippen LogP contribution in [0.1, 0.15) is 168 Å². The van der Waals surface area contributed by atoms with Crippen LogP contribution in [-0.4, -0.2) is 111 Å². The van der Waals surface area contributed by atoms with Crippen molar-refractivity contribution in [1.82, 2.24) is 25.1 Å². The van der Waals surface area contributed by atoms with E-state index in [9.17, 15) is 44.7 Å². The van der Waals surface area contributed by atoms with Gasteiger partial charge in [0.2, 0.25) is 5.91 Å². The molecule has 0 radical (unpaired) electrons. The molecule has 3 amide bonds. The Morgan fingerprint density at radius 2 is 1.30 bits per heavy atom. The maximum absolute atomic E-state index is 14.6. The highest BCUT2D eigenvalue weighted by Gasteiger charge is 2.47. The van der Waals surface area contributed by atoms with E-state index < -0.39 is 53.3 Å². The van der Waals surface area contributed by atoms with Crippen molar-refractivity contribution in [2.45, 2.75) is 187 Å². The van der Waals surface area contributed by atoms with Gasteiger partial charge in [0.15, 0.2) is 4.77 Å². The third-order valence-electron chi connectivity index (χ3n) is 15.2. The number of aliphatic carboxylic acids is 1. The van der Waals surface area contributed by atoms with Crippen LogP contribution in [0, 0.1) is 4.77 Å². The monoisotopic (exact) mass is 1040 g/mol. The second-order valence-corrected chi connectivity index (χ2v) is 22.1. The minimum absolute atomic E-state index is 0.000763. The number of aliphatic hydroxyl groups is 2. The third kappa shape index (κ3) is 12.5. The average Bonchev–Trinajstić information content (AvgIpc) is 3.99.